The molecule has 1 aromatic heterocycles. The number of halogens is 2. The van der Waals surface area contributed by atoms with E-state index in [1.165, 1.54) is 11.3 Å². The van der Waals surface area contributed by atoms with E-state index in [0.717, 1.165) is 23.4 Å². The number of anilines is 1. The molecule has 2 aliphatic heterocycles. The van der Waals surface area contributed by atoms with Gasteiger partial charge >= 0.3 is 0 Å². The highest BCUT2D eigenvalue weighted by Gasteiger charge is 2.27. The zero-order valence-electron chi connectivity index (χ0n) is 15.5. The largest absolute Gasteiger partial charge is 0.482 e. The smallest absolute Gasteiger partial charge is 0.260 e. The topological polar surface area (TPSA) is 80.8 Å². The van der Waals surface area contributed by atoms with Crippen molar-refractivity contribution in [2.24, 2.45) is 0 Å². The van der Waals surface area contributed by atoms with Crippen molar-refractivity contribution in [1.29, 1.82) is 0 Å². The summed E-state index contributed by atoms with van der Waals surface area (Å²) in [5.74, 6) is 0.119. The normalized spacial score (nSPS) is 18.4. The van der Waals surface area contributed by atoms with Gasteiger partial charge in [-0.1, -0.05) is 34.5 Å². The summed E-state index contributed by atoms with van der Waals surface area (Å²) in [6.45, 7) is 1.50. The number of benzene rings is 1. The highest BCUT2D eigenvalue weighted by Crippen LogP contribution is 2.30. The summed E-state index contributed by atoms with van der Waals surface area (Å²) in [6, 6.07) is 4.86. The number of nitrogens with zero attached hydrogens (tertiary/aromatic N) is 2. The van der Waals surface area contributed by atoms with Crippen molar-refractivity contribution in [3.63, 3.8) is 0 Å². The molecule has 0 spiro atoms. The Bertz CT molecular complexity index is 930. The first kappa shape index (κ1) is 20.4. The van der Waals surface area contributed by atoms with Gasteiger partial charge in [-0.3, -0.25) is 14.9 Å². The summed E-state index contributed by atoms with van der Waals surface area (Å²) in [4.78, 5) is 31.9. The van der Waals surface area contributed by atoms with E-state index in [1.807, 2.05) is 0 Å². The number of ether oxygens (including phenoxy) is 2. The fourth-order valence-electron chi connectivity index (χ4n) is 3.26. The molecule has 0 radical (unpaired) electrons. The third kappa shape index (κ3) is 4.83. The molecule has 29 heavy (non-hydrogen) atoms. The lowest BCUT2D eigenvalue weighted by molar-refractivity contribution is -0.134. The second-order valence-electron chi connectivity index (χ2n) is 6.81. The lowest BCUT2D eigenvalue weighted by atomic mass is 10.2. The van der Waals surface area contributed by atoms with E-state index in [-0.39, 0.29) is 18.4 Å². The first-order valence-electron chi connectivity index (χ1n) is 9.26. The molecule has 1 aromatic carbocycles. The number of nitrogens with one attached hydrogen (secondary N) is 1. The molecule has 0 aliphatic carbocycles. The van der Waals surface area contributed by atoms with Crippen LogP contribution in [-0.4, -0.2) is 47.6 Å². The van der Waals surface area contributed by atoms with Crippen molar-refractivity contribution < 1.29 is 19.1 Å². The number of hydrogen-bond donors (Lipinski definition) is 1. The number of carbonyl (C=O) groups excluding carboxylic acids is 2. The highest BCUT2D eigenvalue weighted by atomic mass is 35.5. The van der Waals surface area contributed by atoms with Crippen LogP contribution in [-0.2, 0) is 27.3 Å². The molecule has 7 nitrogen and oxygen atoms in total. The van der Waals surface area contributed by atoms with Crippen LogP contribution in [0, 0.1) is 0 Å². The Kier molecular flexibility index (Phi) is 6.24. The van der Waals surface area contributed by atoms with Crippen molar-refractivity contribution in [3.05, 3.63) is 38.8 Å². The van der Waals surface area contributed by atoms with Gasteiger partial charge in [0, 0.05) is 29.5 Å². The Labute approximate surface area is 181 Å². The summed E-state index contributed by atoms with van der Waals surface area (Å²) in [5.41, 5.74) is 0.920. The Balaban J connectivity index is 1.33. The molecule has 1 unspecified atom stereocenters. The molecule has 154 valence electrons. The van der Waals surface area contributed by atoms with Crippen LogP contribution in [0.3, 0.4) is 0 Å². The maximum Gasteiger partial charge on any atom is 0.260 e. The number of amides is 2. The molecule has 1 N–H and O–H groups in total. The molecular weight excluding hydrogens is 437 g/mol. The van der Waals surface area contributed by atoms with Crippen LogP contribution >= 0.6 is 34.5 Å². The lowest BCUT2D eigenvalue weighted by Crippen LogP contribution is -2.38. The third-order valence-electron chi connectivity index (χ3n) is 4.78. The molecule has 3 heterocycles. The number of fused-ring (bicyclic) bond motifs is 1. The number of carbonyl (C=O) groups is 2. The van der Waals surface area contributed by atoms with E-state index < -0.39 is 6.10 Å². The minimum absolute atomic E-state index is 0.113. The van der Waals surface area contributed by atoms with Gasteiger partial charge in [0.25, 0.3) is 11.8 Å². The van der Waals surface area contributed by atoms with Crippen molar-refractivity contribution >= 4 is 51.5 Å². The van der Waals surface area contributed by atoms with Gasteiger partial charge < -0.3 is 14.4 Å². The van der Waals surface area contributed by atoms with Gasteiger partial charge in [0.15, 0.2) is 11.7 Å². The maximum absolute atomic E-state index is 12.5. The minimum atomic E-state index is -0.397. The first-order chi connectivity index (χ1) is 14.0. The van der Waals surface area contributed by atoms with Crippen LogP contribution in [0.2, 0.25) is 10.0 Å². The predicted molar refractivity (Wildman–Crippen MR) is 111 cm³/mol. The summed E-state index contributed by atoms with van der Waals surface area (Å²) in [5, 5.41) is 4.25. The van der Waals surface area contributed by atoms with Crippen molar-refractivity contribution in [2.45, 2.75) is 31.9 Å². The number of thiazole rings is 1. The van der Waals surface area contributed by atoms with Crippen LogP contribution in [0.4, 0.5) is 5.13 Å². The maximum atomic E-state index is 12.5. The van der Waals surface area contributed by atoms with Gasteiger partial charge in [-0.2, -0.15) is 0 Å². The highest BCUT2D eigenvalue weighted by molar-refractivity contribution is 7.15. The van der Waals surface area contributed by atoms with Gasteiger partial charge in [-0.15, -0.1) is 0 Å². The van der Waals surface area contributed by atoms with Crippen LogP contribution in [0.25, 0.3) is 0 Å². The number of rotatable bonds is 5. The summed E-state index contributed by atoms with van der Waals surface area (Å²) < 4.78 is 10.9. The minimum Gasteiger partial charge on any atom is -0.482 e. The molecule has 1 saturated heterocycles. The SMILES string of the molecule is O=C(Nc1nc2c(s1)CN(C(=O)COc1ccc(Cl)cc1Cl)CC2)C1CCCO1. The average molecular weight is 456 g/mol. The quantitative estimate of drug-likeness (QED) is 0.745. The first-order valence-corrected chi connectivity index (χ1v) is 10.8. The molecule has 1 fully saturated rings. The Hall–Kier alpha value is -1.87. The van der Waals surface area contributed by atoms with Gasteiger partial charge in [0.05, 0.1) is 17.3 Å². The standard InChI is InChI=1S/C19H19Cl2N3O4S/c20-11-3-4-14(12(21)8-11)28-10-17(25)24-6-5-13-16(9-24)29-19(22-13)23-18(26)15-2-1-7-27-15/h3-4,8,15H,1-2,5-7,9-10H2,(H,22,23,26). The van der Waals surface area contributed by atoms with E-state index in [2.05, 4.69) is 10.3 Å². The van der Waals surface area contributed by atoms with Gasteiger partial charge in [-0.25, -0.2) is 4.98 Å². The molecule has 2 aliphatic rings. The fraction of sp³-hybridized carbons (Fsp3) is 0.421. The van der Waals surface area contributed by atoms with Crippen LogP contribution in [0.15, 0.2) is 18.2 Å². The van der Waals surface area contributed by atoms with Crippen molar-refractivity contribution in [2.75, 3.05) is 25.1 Å². The van der Waals surface area contributed by atoms with Gasteiger partial charge in [-0.05, 0) is 31.0 Å². The third-order valence-corrected chi connectivity index (χ3v) is 6.31. The Morgan fingerprint density at radius 2 is 2.24 bits per heavy atom. The second-order valence-corrected chi connectivity index (χ2v) is 8.74. The van der Waals surface area contributed by atoms with E-state index >= 15 is 0 Å². The molecule has 0 bridgehead atoms. The van der Waals surface area contributed by atoms with Gasteiger partial charge in [0.2, 0.25) is 0 Å². The number of aromatic nitrogens is 1. The molecule has 2 amide bonds. The summed E-state index contributed by atoms with van der Waals surface area (Å²) in [6.07, 6.45) is 1.87. The molecule has 1 atom stereocenters. The average Bonchev–Trinajstić information content (AvgIpc) is 3.36. The van der Waals surface area contributed by atoms with Crippen LogP contribution < -0.4 is 10.1 Å². The van der Waals surface area contributed by atoms with Gasteiger partial charge in [0.1, 0.15) is 11.9 Å². The Morgan fingerprint density at radius 1 is 1.38 bits per heavy atom. The van der Waals surface area contributed by atoms with E-state index in [4.69, 9.17) is 32.7 Å². The molecular formula is C19H19Cl2N3O4S. The lowest BCUT2D eigenvalue weighted by Gasteiger charge is -2.26. The van der Waals surface area contributed by atoms with E-state index in [0.29, 0.717) is 47.0 Å². The zero-order chi connectivity index (χ0) is 20.4. The molecule has 10 heteroatoms. The van der Waals surface area contributed by atoms with Crippen LogP contribution in [0.5, 0.6) is 5.75 Å². The molecule has 0 saturated carbocycles. The van der Waals surface area contributed by atoms with Crippen molar-refractivity contribution in [1.82, 2.24) is 9.88 Å². The predicted octanol–water partition coefficient (Wildman–Crippen LogP) is 3.53. The summed E-state index contributed by atoms with van der Waals surface area (Å²) in [7, 11) is 0. The summed E-state index contributed by atoms with van der Waals surface area (Å²) >= 11 is 13.3. The molecule has 4 rings (SSSR count). The Morgan fingerprint density at radius 3 is 3.00 bits per heavy atom. The molecule has 2 aromatic rings. The monoisotopic (exact) mass is 455 g/mol. The van der Waals surface area contributed by atoms with Crippen molar-refractivity contribution in [3.8, 4) is 5.75 Å². The van der Waals surface area contributed by atoms with E-state index in [1.54, 1.807) is 23.1 Å². The van der Waals surface area contributed by atoms with Crippen LogP contribution in [0.1, 0.15) is 23.4 Å². The van der Waals surface area contributed by atoms with E-state index in [9.17, 15) is 9.59 Å². The number of hydrogen-bond acceptors (Lipinski definition) is 6. The second kappa shape index (κ2) is 8.87. The zero-order valence-corrected chi connectivity index (χ0v) is 17.8. The fourth-order valence-corrected chi connectivity index (χ4v) is 4.74.